The van der Waals surface area contributed by atoms with Crippen LogP contribution in [0.2, 0.25) is 15.1 Å². The van der Waals surface area contributed by atoms with E-state index in [4.69, 9.17) is 39.5 Å². The predicted molar refractivity (Wildman–Crippen MR) is 121 cm³/mol. The largest absolute Gasteiger partial charge is 0.487 e. The molecule has 0 aliphatic heterocycles. The number of halogens is 4. The molecule has 0 aromatic heterocycles. The van der Waals surface area contributed by atoms with E-state index < -0.39 is 11.7 Å². The number of ether oxygens (including phenoxy) is 1. The molecule has 0 saturated heterocycles. The van der Waals surface area contributed by atoms with Crippen LogP contribution in [0.15, 0.2) is 66.2 Å². The summed E-state index contributed by atoms with van der Waals surface area (Å²) in [7, 11) is 0. The highest BCUT2D eigenvalue weighted by atomic mass is 35.5. The highest BCUT2D eigenvalue weighted by Gasteiger charge is 2.13. The first-order chi connectivity index (χ1) is 14.9. The fraction of sp³-hybridized carbons (Fsp3) is 0.0435. The Hall–Kier alpha value is -3.04. The van der Waals surface area contributed by atoms with Crippen LogP contribution in [0.3, 0.4) is 0 Å². The Balaban J connectivity index is 1.73. The summed E-state index contributed by atoms with van der Waals surface area (Å²) in [6.45, 7) is 0.180. The second kappa shape index (κ2) is 10.3. The lowest BCUT2D eigenvalue weighted by molar-refractivity contribution is -0.112. The van der Waals surface area contributed by atoms with Crippen LogP contribution in [-0.2, 0) is 11.4 Å². The third kappa shape index (κ3) is 5.99. The van der Waals surface area contributed by atoms with E-state index in [1.54, 1.807) is 42.5 Å². The smallest absolute Gasteiger partial charge is 0.266 e. The third-order valence-electron chi connectivity index (χ3n) is 4.15. The molecule has 0 aliphatic rings. The molecule has 0 fully saturated rings. The molecular formula is C23H14Cl3FN2O2. The van der Waals surface area contributed by atoms with Crippen LogP contribution in [0, 0.1) is 17.1 Å². The summed E-state index contributed by atoms with van der Waals surface area (Å²) >= 11 is 18.3. The monoisotopic (exact) mass is 474 g/mol. The number of amides is 1. The van der Waals surface area contributed by atoms with Gasteiger partial charge in [-0.15, -0.1) is 0 Å². The summed E-state index contributed by atoms with van der Waals surface area (Å²) in [6.07, 6.45) is 1.35. The summed E-state index contributed by atoms with van der Waals surface area (Å²) < 4.78 is 19.4. The lowest BCUT2D eigenvalue weighted by Crippen LogP contribution is -2.14. The van der Waals surface area contributed by atoms with Crippen LogP contribution >= 0.6 is 34.8 Å². The Morgan fingerprint density at radius 2 is 1.84 bits per heavy atom. The van der Waals surface area contributed by atoms with Gasteiger partial charge in [0, 0.05) is 15.6 Å². The van der Waals surface area contributed by atoms with Gasteiger partial charge >= 0.3 is 0 Å². The number of anilines is 1. The zero-order valence-corrected chi connectivity index (χ0v) is 18.1. The number of benzene rings is 3. The summed E-state index contributed by atoms with van der Waals surface area (Å²) in [5.41, 5.74) is 1.02. The molecule has 1 amide bonds. The molecule has 156 valence electrons. The van der Waals surface area contributed by atoms with Crippen molar-refractivity contribution >= 4 is 52.5 Å². The van der Waals surface area contributed by atoms with E-state index in [9.17, 15) is 14.4 Å². The maximum atomic E-state index is 13.7. The van der Waals surface area contributed by atoms with E-state index in [0.717, 1.165) is 5.56 Å². The summed E-state index contributed by atoms with van der Waals surface area (Å²) in [6, 6.07) is 17.4. The Labute approximate surface area is 193 Å². The maximum absolute atomic E-state index is 13.7. The van der Waals surface area contributed by atoms with Crippen molar-refractivity contribution in [1.29, 1.82) is 5.26 Å². The summed E-state index contributed by atoms with van der Waals surface area (Å²) in [5, 5.41) is 13.0. The van der Waals surface area contributed by atoms with Crippen molar-refractivity contribution in [2.75, 3.05) is 5.32 Å². The molecular weight excluding hydrogens is 462 g/mol. The number of nitrogens with zero attached hydrogens (tertiary/aromatic N) is 1. The molecule has 0 unspecified atom stereocenters. The number of hydrogen-bond acceptors (Lipinski definition) is 3. The van der Waals surface area contributed by atoms with Gasteiger partial charge in [0.25, 0.3) is 5.91 Å². The molecule has 3 rings (SSSR count). The van der Waals surface area contributed by atoms with Crippen molar-refractivity contribution in [3.8, 4) is 11.8 Å². The topological polar surface area (TPSA) is 62.1 Å². The minimum absolute atomic E-state index is 0.0173. The molecule has 0 atom stereocenters. The third-order valence-corrected chi connectivity index (χ3v) is 5.03. The molecule has 0 bridgehead atoms. The first kappa shape index (κ1) is 22.6. The molecule has 0 saturated carbocycles. The Bertz CT molecular complexity index is 1210. The highest BCUT2D eigenvalue weighted by Crippen LogP contribution is 2.29. The molecule has 0 aliphatic carbocycles. The van der Waals surface area contributed by atoms with Gasteiger partial charge in [-0.3, -0.25) is 4.79 Å². The fourth-order valence-corrected chi connectivity index (χ4v) is 3.29. The lowest BCUT2D eigenvalue weighted by Gasteiger charge is -2.10. The standard InChI is InChI=1S/C23H14Cl3FN2O2/c24-17-7-6-15(18(25)11-17)13-31-22-8-5-14(10-19(22)26)9-16(12-28)23(30)29-21-4-2-1-3-20(21)27/h1-11H,13H2,(H,29,30)/b16-9+. The average molecular weight is 476 g/mol. The van der Waals surface area contributed by atoms with Gasteiger partial charge in [0.1, 0.15) is 29.8 Å². The van der Waals surface area contributed by atoms with Crippen molar-refractivity contribution in [3.63, 3.8) is 0 Å². The van der Waals surface area contributed by atoms with E-state index in [-0.39, 0.29) is 22.9 Å². The molecule has 8 heteroatoms. The Morgan fingerprint density at radius 3 is 2.52 bits per heavy atom. The maximum Gasteiger partial charge on any atom is 0.266 e. The Kier molecular flexibility index (Phi) is 7.54. The molecule has 0 heterocycles. The van der Waals surface area contributed by atoms with E-state index in [2.05, 4.69) is 5.32 Å². The predicted octanol–water partition coefficient (Wildman–Crippen LogP) is 6.91. The second-order valence-electron chi connectivity index (χ2n) is 6.32. The Morgan fingerprint density at radius 1 is 1.06 bits per heavy atom. The first-order valence-corrected chi connectivity index (χ1v) is 10.0. The first-order valence-electron chi connectivity index (χ1n) is 8.91. The van der Waals surface area contributed by atoms with Crippen LogP contribution < -0.4 is 10.1 Å². The van der Waals surface area contributed by atoms with Crippen LogP contribution in [-0.4, -0.2) is 5.91 Å². The quantitative estimate of drug-likeness (QED) is 0.311. The van der Waals surface area contributed by atoms with Gasteiger partial charge in [0.05, 0.1) is 10.7 Å². The van der Waals surface area contributed by atoms with Gasteiger partial charge in [-0.1, -0.05) is 59.1 Å². The summed E-state index contributed by atoms with van der Waals surface area (Å²) in [5.74, 6) is -0.931. The fourth-order valence-electron chi connectivity index (χ4n) is 2.59. The number of nitrogens with one attached hydrogen (secondary N) is 1. The summed E-state index contributed by atoms with van der Waals surface area (Å²) in [4.78, 5) is 12.3. The zero-order chi connectivity index (χ0) is 22.4. The van der Waals surface area contributed by atoms with Gasteiger partial charge in [0.15, 0.2) is 0 Å². The number of rotatable bonds is 6. The van der Waals surface area contributed by atoms with Crippen LogP contribution in [0.25, 0.3) is 6.08 Å². The molecule has 0 spiro atoms. The van der Waals surface area contributed by atoms with Gasteiger partial charge < -0.3 is 10.1 Å². The SMILES string of the molecule is N#C/C(=C\c1ccc(OCc2ccc(Cl)cc2Cl)c(Cl)c1)C(=O)Nc1ccccc1F. The number of hydrogen-bond donors (Lipinski definition) is 1. The van der Waals surface area contributed by atoms with E-state index in [1.807, 2.05) is 6.07 Å². The molecule has 3 aromatic carbocycles. The van der Waals surface area contributed by atoms with Crippen molar-refractivity contribution in [3.05, 3.63) is 98.2 Å². The van der Waals surface area contributed by atoms with Crippen molar-refractivity contribution < 1.29 is 13.9 Å². The van der Waals surface area contributed by atoms with Gasteiger partial charge in [-0.2, -0.15) is 5.26 Å². The normalized spacial score (nSPS) is 11.0. The minimum Gasteiger partial charge on any atom is -0.487 e. The van der Waals surface area contributed by atoms with E-state index >= 15 is 0 Å². The van der Waals surface area contributed by atoms with Crippen LogP contribution in [0.1, 0.15) is 11.1 Å². The number of carbonyl (C=O) groups excluding carboxylic acids is 1. The van der Waals surface area contributed by atoms with Crippen molar-refractivity contribution in [2.45, 2.75) is 6.61 Å². The molecule has 4 nitrogen and oxygen atoms in total. The van der Waals surface area contributed by atoms with Crippen molar-refractivity contribution in [1.82, 2.24) is 0 Å². The second-order valence-corrected chi connectivity index (χ2v) is 7.57. The average Bonchev–Trinajstić information content (AvgIpc) is 2.74. The molecule has 31 heavy (non-hydrogen) atoms. The lowest BCUT2D eigenvalue weighted by atomic mass is 10.1. The highest BCUT2D eigenvalue weighted by molar-refractivity contribution is 6.35. The zero-order valence-electron chi connectivity index (χ0n) is 15.8. The van der Waals surface area contributed by atoms with Crippen LogP contribution in [0.4, 0.5) is 10.1 Å². The molecule has 0 radical (unpaired) electrons. The van der Waals surface area contributed by atoms with E-state index in [1.165, 1.54) is 24.3 Å². The number of nitriles is 1. The van der Waals surface area contributed by atoms with Gasteiger partial charge in [0.2, 0.25) is 0 Å². The molecule has 3 aromatic rings. The van der Waals surface area contributed by atoms with Crippen LogP contribution in [0.5, 0.6) is 5.75 Å². The number of carbonyl (C=O) groups is 1. The van der Waals surface area contributed by atoms with Gasteiger partial charge in [-0.05, 0) is 48.0 Å². The van der Waals surface area contributed by atoms with E-state index in [0.29, 0.717) is 21.4 Å². The number of para-hydroxylation sites is 1. The van der Waals surface area contributed by atoms with Crippen molar-refractivity contribution in [2.24, 2.45) is 0 Å². The van der Waals surface area contributed by atoms with Gasteiger partial charge in [-0.25, -0.2) is 4.39 Å². The molecule has 1 N–H and O–H groups in total. The minimum atomic E-state index is -0.735.